The lowest BCUT2D eigenvalue weighted by atomic mass is 9.75. The molecule has 1 aromatic rings. The first-order chi connectivity index (χ1) is 10.1. The van der Waals surface area contributed by atoms with Crippen LogP contribution in [0, 0.1) is 11.8 Å². The van der Waals surface area contributed by atoms with E-state index >= 15 is 0 Å². The van der Waals surface area contributed by atoms with Gasteiger partial charge in [-0.15, -0.1) is 0 Å². The van der Waals surface area contributed by atoms with E-state index in [0.29, 0.717) is 12.0 Å². The molecule has 1 aliphatic rings. The van der Waals surface area contributed by atoms with Crippen LogP contribution in [0.25, 0.3) is 0 Å². The van der Waals surface area contributed by atoms with E-state index in [1.165, 1.54) is 37.7 Å². The maximum absolute atomic E-state index is 6.21. The van der Waals surface area contributed by atoms with Crippen LogP contribution in [-0.2, 0) is 0 Å². The van der Waals surface area contributed by atoms with Crippen molar-refractivity contribution < 1.29 is 0 Å². The van der Waals surface area contributed by atoms with Gasteiger partial charge in [-0.2, -0.15) is 0 Å². The summed E-state index contributed by atoms with van der Waals surface area (Å²) in [5.74, 6) is 1.58. The van der Waals surface area contributed by atoms with Gasteiger partial charge >= 0.3 is 0 Å². The molecule has 1 aliphatic carbocycles. The van der Waals surface area contributed by atoms with Crippen molar-refractivity contribution in [1.82, 2.24) is 5.32 Å². The number of hydrogen-bond donors (Lipinski definition) is 1. The van der Waals surface area contributed by atoms with Gasteiger partial charge in [-0.25, -0.2) is 0 Å². The van der Waals surface area contributed by atoms with Crippen molar-refractivity contribution in [2.75, 3.05) is 6.54 Å². The third-order valence-electron chi connectivity index (χ3n) is 4.73. The molecule has 0 aromatic heterocycles. The second-order valence-corrected chi connectivity index (χ2v) is 7.21. The van der Waals surface area contributed by atoms with E-state index in [-0.39, 0.29) is 0 Å². The van der Waals surface area contributed by atoms with Crippen LogP contribution in [0.15, 0.2) is 18.2 Å². The fraction of sp³-hybridized carbons (Fsp3) is 0.667. The van der Waals surface area contributed by atoms with Gasteiger partial charge in [0.05, 0.1) is 0 Å². The van der Waals surface area contributed by atoms with Crippen LogP contribution in [0.1, 0.15) is 64.0 Å². The molecule has 0 amide bonds. The monoisotopic (exact) mass is 327 g/mol. The summed E-state index contributed by atoms with van der Waals surface area (Å²) in [7, 11) is 0. The number of rotatable bonds is 6. The molecule has 1 N–H and O–H groups in total. The smallest absolute Gasteiger partial charge is 0.0424 e. The second-order valence-electron chi connectivity index (χ2n) is 6.34. The third kappa shape index (κ3) is 4.87. The summed E-state index contributed by atoms with van der Waals surface area (Å²) < 4.78 is 0. The highest BCUT2D eigenvalue weighted by Gasteiger charge is 2.28. The molecule has 3 atom stereocenters. The Balaban J connectivity index is 2.20. The molecule has 0 spiro atoms. The maximum Gasteiger partial charge on any atom is 0.0424 e. The zero-order valence-corrected chi connectivity index (χ0v) is 14.7. The van der Waals surface area contributed by atoms with Crippen LogP contribution in [0.5, 0.6) is 0 Å². The summed E-state index contributed by atoms with van der Waals surface area (Å²) in [5.41, 5.74) is 1.25. The molecular formula is C18H27Cl2N. The molecule has 1 fully saturated rings. The Bertz CT molecular complexity index is 427. The SMILES string of the molecule is CCCNC(c1cc(Cl)cc(Cl)c1)C1CCCC(CC)C1. The minimum Gasteiger partial charge on any atom is -0.310 e. The summed E-state index contributed by atoms with van der Waals surface area (Å²) in [6.07, 6.45) is 7.82. The van der Waals surface area contributed by atoms with Crippen molar-refractivity contribution >= 4 is 23.2 Å². The van der Waals surface area contributed by atoms with E-state index < -0.39 is 0 Å². The van der Waals surface area contributed by atoms with Crippen molar-refractivity contribution in [3.05, 3.63) is 33.8 Å². The van der Waals surface area contributed by atoms with Crippen LogP contribution < -0.4 is 5.32 Å². The molecule has 21 heavy (non-hydrogen) atoms. The van der Waals surface area contributed by atoms with Crippen LogP contribution >= 0.6 is 23.2 Å². The average Bonchev–Trinajstić information content (AvgIpc) is 2.47. The van der Waals surface area contributed by atoms with E-state index in [0.717, 1.165) is 28.9 Å². The fourth-order valence-electron chi connectivity index (χ4n) is 3.62. The van der Waals surface area contributed by atoms with Gasteiger partial charge in [-0.1, -0.05) is 56.3 Å². The minimum atomic E-state index is 0.385. The Kier molecular flexibility index (Phi) is 6.85. The Labute approximate surface area is 139 Å². The molecule has 0 aliphatic heterocycles. The first-order valence-electron chi connectivity index (χ1n) is 8.33. The largest absolute Gasteiger partial charge is 0.310 e. The first kappa shape index (κ1) is 17.1. The Morgan fingerprint density at radius 3 is 2.48 bits per heavy atom. The molecule has 0 heterocycles. The highest BCUT2D eigenvalue weighted by Crippen LogP contribution is 2.39. The molecule has 1 aromatic carbocycles. The molecular weight excluding hydrogens is 301 g/mol. The highest BCUT2D eigenvalue weighted by atomic mass is 35.5. The summed E-state index contributed by atoms with van der Waals surface area (Å²) in [4.78, 5) is 0. The predicted octanol–water partition coefficient (Wildman–Crippen LogP) is 6.25. The molecule has 118 valence electrons. The lowest BCUT2D eigenvalue weighted by Crippen LogP contribution is -2.32. The molecule has 2 rings (SSSR count). The third-order valence-corrected chi connectivity index (χ3v) is 5.17. The van der Waals surface area contributed by atoms with Crippen LogP contribution in [0.4, 0.5) is 0 Å². The number of benzene rings is 1. The van der Waals surface area contributed by atoms with Crippen LogP contribution in [0.2, 0.25) is 10.0 Å². The maximum atomic E-state index is 6.21. The van der Waals surface area contributed by atoms with Gasteiger partial charge < -0.3 is 5.32 Å². The quantitative estimate of drug-likeness (QED) is 0.651. The number of nitrogens with one attached hydrogen (secondary N) is 1. The van der Waals surface area contributed by atoms with E-state index in [1.807, 2.05) is 6.07 Å². The summed E-state index contributed by atoms with van der Waals surface area (Å²) in [5, 5.41) is 5.22. The lowest BCUT2D eigenvalue weighted by molar-refractivity contribution is 0.209. The molecule has 0 radical (unpaired) electrons. The van der Waals surface area contributed by atoms with Crippen LogP contribution in [0.3, 0.4) is 0 Å². The molecule has 3 unspecified atom stereocenters. The van der Waals surface area contributed by atoms with Gasteiger partial charge in [0.2, 0.25) is 0 Å². The molecule has 1 saturated carbocycles. The Hall–Kier alpha value is -0.240. The van der Waals surface area contributed by atoms with Gasteiger partial charge in [-0.05, 0) is 61.4 Å². The molecule has 3 heteroatoms. The zero-order valence-electron chi connectivity index (χ0n) is 13.2. The predicted molar refractivity (Wildman–Crippen MR) is 93.2 cm³/mol. The summed E-state index contributed by atoms with van der Waals surface area (Å²) >= 11 is 12.4. The minimum absolute atomic E-state index is 0.385. The van der Waals surface area contributed by atoms with Crippen molar-refractivity contribution in [3.8, 4) is 0 Å². The van der Waals surface area contributed by atoms with Gasteiger partial charge in [0, 0.05) is 16.1 Å². The van der Waals surface area contributed by atoms with Crippen molar-refractivity contribution in [2.45, 2.75) is 58.4 Å². The first-order valence-corrected chi connectivity index (χ1v) is 9.09. The zero-order chi connectivity index (χ0) is 15.2. The normalized spacial score (nSPS) is 24.0. The van der Waals surface area contributed by atoms with Gasteiger partial charge in [-0.3, -0.25) is 0 Å². The lowest BCUT2D eigenvalue weighted by Gasteiger charge is -2.35. The Morgan fingerprint density at radius 1 is 1.14 bits per heavy atom. The molecule has 0 bridgehead atoms. The molecule has 1 nitrogen and oxygen atoms in total. The highest BCUT2D eigenvalue weighted by molar-refractivity contribution is 6.34. The fourth-order valence-corrected chi connectivity index (χ4v) is 4.16. The summed E-state index contributed by atoms with van der Waals surface area (Å²) in [6.45, 7) is 5.57. The van der Waals surface area contributed by atoms with Gasteiger partial charge in [0.25, 0.3) is 0 Å². The standard InChI is InChI=1S/C18H27Cl2N/c1-3-8-21-18(14-7-5-6-13(4-2)9-14)15-10-16(19)12-17(20)11-15/h10-14,18,21H,3-9H2,1-2H3. The summed E-state index contributed by atoms with van der Waals surface area (Å²) in [6, 6.07) is 6.36. The van der Waals surface area contributed by atoms with E-state index in [9.17, 15) is 0 Å². The van der Waals surface area contributed by atoms with E-state index in [4.69, 9.17) is 23.2 Å². The number of hydrogen-bond acceptors (Lipinski definition) is 1. The van der Waals surface area contributed by atoms with Crippen molar-refractivity contribution in [2.24, 2.45) is 11.8 Å². The van der Waals surface area contributed by atoms with Gasteiger partial charge in [0.1, 0.15) is 0 Å². The Morgan fingerprint density at radius 2 is 1.86 bits per heavy atom. The number of halogens is 2. The van der Waals surface area contributed by atoms with Crippen molar-refractivity contribution in [3.63, 3.8) is 0 Å². The van der Waals surface area contributed by atoms with E-state index in [2.05, 4.69) is 31.3 Å². The molecule has 0 saturated heterocycles. The van der Waals surface area contributed by atoms with Crippen LogP contribution in [-0.4, -0.2) is 6.54 Å². The second kappa shape index (κ2) is 8.41. The topological polar surface area (TPSA) is 12.0 Å². The average molecular weight is 328 g/mol. The van der Waals surface area contributed by atoms with Gasteiger partial charge in [0.15, 0.2) is 0 Å². The van der Waals surface area contributed by atoms with E-state index in [1.54, 1.807) is 0 Å². The van der Waals surface area contributed by atoms with Crippen molar-refractivity contribution in [1.29, 1.82) is 0 Å².